The van der Waals surface area contributed by atoms with E-state index in [1.54, 1.807) is 13.8 Å². The van der Waals surface area contributed by atoms with Gasteiger partial charge in [0.15, 0.2) is 0 Å². The van der Waals surface area contributed by atoms with Crippen LogP contribution in [0.25, 0.3) is 0 Å². The largest absolute Gasteiger partial charge is 0.354 e. The fraction of sp³-hybridized carbons (Fsp3) is 0.714. The van der Waals surface area contributed by atoms with E-state index in [4.69, 9.17) is 0 Å². The molecule has 5 amide bonds. The second-order valence-electron chi connectivity index (χ2n) is 5.64. The van der Waals surface area contributed by atoms with Gasteiger partial charge in [-0.05, 0) is 18.8 Å². The maximum Gasteiger partial charge on any atom is 0.331 e. The number of hydrogen-bond acceptors (Lipinski definition) is 4. The molecule has 0 unspecified atom stereocenters. The number of imide groups is 2. The second-order valence-corrected chi connectivity index (χ2v) is 5.64. The molecule has 1 aliphatic rings. The highest BCUT2D eigenvalue weighted by Gasteiger charge is 2.51. The molecule has 1 saturated heterocycles. The van der Waals surface area contributed by atoms with Crippen molar-refractivity contribution < 1.29 is 19.2 Å². The SMILES string of the molecule is CCC1(CC)C(=O)NC(=O)N(CC(=O)NCC(C)C)C1=O. The van der Waals surface area contributed by atoms with Crippen molar-refractivity contribution in [3.05, 3.63) is 0 Å². The molecule has 1 rings (SSSR count). The molecule has 0 aromatic carbocycles. The number of carbonyl (C=O) groups is 4. The molecule has 1 heterocycles. The summed E-state index contributed by atoms with van der Waals surface area (Å²) in [4.78, 5) is 48.9. The van der Waals surface area contributed by atoms with Crippen LogP contribution in [0.2, 0.25) is 0 Å². The number of rotatable bonds is 6. The zero-order chi connectivity index (χ0) is 16.2. The van der Waals surface area contributed by atoms with Crippen molar-refractivity contribution in [1.29, 1.82) is 0 Å². The molecule has 0 aliphatic carbocycles. The van der Waals surface area contributed by atoms with Crippen molar-refractivity contribution in [3.63, 3.8) is 0 Å². The Morgan fingerprint density at radius 1 is 1.24 bits per heavy atom. The van der Waals surface area contributed by atoms with E-state index in [1.807, 2.05) is 13.8 Å². The predicted octanol–water partition coefficient (Wildman–Crippen LogP) is 0.643. The molecule has 0 aromatic rings. The Labute approximate surface area is 124 Å². The zero-order valence-corrected chi connectivity index (χ0v) is 13.0. The average molecular weight is 297 g/mol. The summed E-state index contributed by atoms with van der Waals surface area (Å²) < 4.78 is 0. The Balaban J connectivity index is 2.86. The predicted molar refractivity (Wildman–Crippen MR) is 76.1 cm³/mol. The third kappa shape index (κ3) is 3.40. The van der Waals surface area contributed by atoms with Crippen molar-refractivity contribution in [2.75, 3.05) is 13.1 Å². The summed E-state index contributed by atoms with van der Waals surface area (Å²) in [6.45, 7) is 7.41. The lowest BCUT2D eigenvalue weighted by molar-refractivity contribution is -0.153. The Bertz CT molecular complexity index is 455. The maximum atomic E-state index is 12.5. The lowest BCUT2D eigenvalue weighted by atomic mass is 9.78. The van der Waals surface area contributed by atoms with Gasteiger partial charge in [0.25, 0.3) is 0 Å². The molecule has 118 valence electrons. The molecular weight excluding hydrogens is 274 g/mol. The first-order chi connectivity index (χ1) is 9.78. The maximum absolute atomic E-state index is 12.5. The topological polar surface area (TPSA) is 95.6 Å². The third-order valence-electron chi connectivity index (χ3n) is 3.77. The standard InChI is InChI=1S/C14H23N3O4/c1-5-14(6-2)11(19)16-13(21)17(12(14)20)8-10(18)15-7-9(3)4/h9H,5-8H2,1-4H3,(H,15,18)(H,16,19,21). The molecule has 1 aliphatic heterocycles. The first-order valence-electron chi connectivity index (χ1n) is 7.22. The zero-order valence-electron chi connectivity index (χ0n) is 13.0. The van der Waals surface area contributed by atoms with Crippen molar-refractivity contribution >= 4 is 23.8 Å². The minimum atomic E-state index is -1.26. The van der Waals surface area contributed by atoms with Crippen LogP contribution in [0.15, 0.2) is 0 Å². The average Bonchev–Trinajstić information content (AvgIpc) is 2.42. The monoisotopic (exact) mass is 297 g/mol. The molecule has 1 fully saturated rings. The van der Waals surface area contributed by atoms with E-state index in [0.29, 0.717) is 6.54 Å². The lowest BCUT2D eigenvalue weighted by Crippen LogP contribution is -2.64. The molecule has 0 radical (unpaired) electrons. The number of hydrogen-bond donors (Lipinski definition) is 2. The lowest BCUT2D eigenvalue weighted by Gasteiger charge is -2.37. The molecule has 7 nitrogen and oxygen atoms in total. The summed E-state index contributed by atoms with van der Waals surface area (Å²) in [6, 6.07) is -0.831. The van der Waals surface area contributed by atoms with Crippen LogP contribution in [0.3, 0.4) is 0 Å². The van der Waals surface area contributed by atoms with Crippen molar-refractivity contribution in [2.45, 2.75) is 40.5 Å². The van der Waals surface area contributed by atoms with E-state index in [-0.39, 0.29) is 25.3 Å². The Kier molecular flexibility index (Phi) is 5.46. The van der Waals surface area contributed by atoms with Crippen LogP contribution in [0, 0.1) is 11.3 Å². The van der Waals surface area contributed by atoms with Gasteiger partial charge in [0.05, 0.1) is 0 Å². The van der Waals surface area contributed by atoms with Crippen LogP contribution < -0.4 is 10.6 Å². The molecule has 2 N–H and O–H groups in total. The number of nitrogens with zero attached hydrogens (tertiary/aromatic N) is 1. The van der Waals surface area contributed by atoms with E-state index >= 15 is 0 Å². The van der Waals surface area contributed by atoms with Crippen molar-refractivity contribution in [2.24, 2.45) is 11.3 Å². The number of urea groups is 1. The molecular formula is C14H23N3O4. The van der Waals surface area contributed by atoms with Gasteiger partial charge < -0.3 is 5.32 Å². The third-order valence-corrected chi connectivity index (χ3v) is 3.77. The Hall–Kier alpha value is -1.92. The van der Waals surface area contributed by atoms with Gasteiger partial charge in [-0.2, -0.15) is 0 Å². The first kappa shape index (κ1) is 17.1. The van der Waals surface area contributed by atoms with E-state index in [1.165, 1.54) is 0 Å². The van der Waals surface area contributed by atoms with Crippen LogP contribution in [0.5, 0.6) is 0 Å². The smallest absolute Gasteiger partial charge is 0.331 e. The van der Waals surface area contributed by atoms with E-state index in [2.05, 4.69) is 10.6 Å². The second kappa shape index (κ2) is 6.69. The Morgan fingerprint density at radius 2 is 1.81 bits per heavy atom. The Morgan fingerprint density at radius 3 is 2.29 bits per heavy atom. The van der Waals surface area contributed by atoms with Gasteiger partial charge in [0, 0.05) is 6.54 Å². The van der Waals surface area contributed by atoms with Gasteiger partial charge in [0.2, 0.25) is 17.7 Å². The first-order valence-corrected chi connectivity index (χ1v) is 7.22. The minimum Gasteiger partial charge on any atom is -0.354 e. The molecule has 0 aromatic heterocycles. The fourth-order valence-corrected chi connectivity index (χ4v) is 2.27. The molecule has 0 spiro atoms. The summed E-state index contributed by atoms with van der Waals surface area (Å²) in [6.07, 6.45) is 0.567. The van der Waals surface area contributed by atoms with Gasteiger partial charge in [-0.15, -0.1) is 0 Å². The van der Waals surface area contributed by atoms with Gasteiger partial charge >= 0.3 is 6.03 Å². The quantitative estimate of drug-likeness (QED) is 0.703. The number of amides is 5. The van der Waals surface area contributed by atoms with E-state index in [0.717, 1.165) is 4.90 Å². The molecule has 7 heteroatoms. The highest BCUT2D eigenvalue weighted by Crippen LogP contribution is 2.32. The fourth-order valence-electron chi connectivity index (χ4n) is 2.27. The van der Waals surface area contributed by atoms with E-state index < -0.39 is 29.2 Å². The molecule has 21 heavy (non-hydrogen) atoms. The molecule has 0 atom stereocenters. The van der Waals surface area contributed by atoms with Crippen LogP contribution >= 0.6 is 0 Å². The van der Waals surface area contributed by atoms with Gasteiger partial charge in [-0.1, -0.05) is 27.7 Å². The van der Waals surface area contributed by atoms with Crippen molar-refractivity contribution in [3.8, 4) is 0 Å². The molecule has 0 saturated carbocycles. The van der Waals surface area contributed by atoms with Crippen LogP contribution in [-0.4, -0.2) is 41.7 Å². The summed E-state index contributed by atoms with van der Waals surface area (Å²) in [5.41, 5.74) is -1.26. The van der Waals surface area contributed by atoms with Gasteiger partial charge in [-0.25, -0.2) is 4.79 Å². The van der Waals surface area contributed by atoms with Crippen molar-refractivity contribution in [1.82, 2.24) is 15.5 Å². The highest BCUT2D eigenvalue weighted by molar-refractivity contribution is 6.19. The number of barbiturate groups is 1. The summed E-state index contributed by atoms with van der Waals surface area (Å²) in [5.74, 6) is -1.32. The summed E-state index contributed by atoms with van der Waals surface area (Å²) in [5, 5.41) is 4.82. The minimum absolute atomic E-state index is 0.270. The van der Waals surface area contributed by atoms with Crippen LogP contribution in [-0.2, 0) is 14.4 Å². The normalized spacial score (nSPS) is 18.0. The van der Waals surface area contributed by atoms with Crippen LogP contribution in [0.1, 0.15) is 40.5 Å². The highest BCUT2D eigenvalue weighted by atomic mass is 16.2. The number of carbonyl (C=O) groups excluding carboxylic acids is 4. The van der Waals surface area contributed by atoms with Gasteiger partial charge in [0.1, 0.15) is 12.0 Å². The molecule has 0 bridgehead atoms. The number of nitrogens with one attached hydrogen (secondary N) is 2. The summed E-state index contributed by atoms with van der Waals surface area (Å²) in [7, 11) is 0. The van der Waals surface area contributed by atoms with E-state index in [9.17, 15) is 19.2 Å². The van der Waals surface area contributed by atoms with Crippen LogP contribution in [0.4, 0.5) is 4.79 Å². The van der Waals surface area contributed by atoms with Gasteiger partial charge in [-0.3, -0.25) is 24.6 Å². The summed E-state index contributed by atoms with van der Waals surface area (Å²) >= 11 is 0.